The van der Waals surface area contributed by atoms with Crippen LogP contribution >= 0.6 is 0 Å². The van der Waals surface area contributed by atoms with Crippen molar-refractivity contribution >= 4 is 46.5 Å². The van der Waals surface area contributed by atoms with Gasteiger partial charge in [-0.25, -0.2) is 0 Å². The number of rotatable bonds is 7. The summed E-state index contributed by atoms with van der Waals surface area (Å²) in [6.07, 6.45) is 3.06. The Hall–Kier alpha value is -6.29. The summed E-state index contributed by atoms with van der Waals surface area (Å²) in [7, 11) is 1.39. The van der Waals surface area contributed by atoms with Crippen molar-refractivity contribution in [1.29, 1.82) is 0 Å². The van der Waals surface area contributed by atoms with E-state index in [0.29, 0.717) is 35.5 Å². The largest absolute Gasteiger partial charge is 0.493 e. The lowest BCUT2D eigenvalue weighted by Gasteiger charge is -2.22. The van der Waals surface area contributed by atoms with Crippen LogP contribution in [0.2, 0.25) is 0 Å². The highest BCUT2D eigenvalue weighted by molar-refractivity contribution is 6.15. The van der Waals surface area contributed by atoms with E-state index in [1.807, 2.05) is 53.4 Å². The number of anilines is 4. The topological polar surface area (TPSA) is 119 Å². The minimum absolute atomic E-state index is 0.0153. The number of nitrogens with one attached hydrogen (secondary N) is 1. The molecule has 2 amide bonds. The Kier molecular flexibility index (Phi) is 6.59. The molecule has 52 heavy (non-hydrogen) atoms. The quantitative estimate of drug-likeness (QED) is 0.176. The van der Waals surface area contributed by atoms with Gasteiger partial charge in [-0.2, -0.15) is 0 Å². The predicted octanol–water partition coefficient (Wildman–Crippen LogP) is 7.03. The summed E-state index contributed by atoms with van der Waals surface area (Å²) in [4.78, 5) is 35.9. The molecule has 3 N–H and O–H groups in total. The number of aliphatic imine (C=N–C) groups is 1. The Morgan fingerprint density at radius 1 is 0.808 bits per heavy atom. The third kappa shape index (κ3) is 5.38. The van der Waals surface area contributed by atoms with Crippen LogP contribution in [0.4, 0.5) is 28.4 Å². The zero-order valence-corrected chi connectivity index (χ0v) is 28.5. The van der Waals surface area contributed by atoms with Crippen molar-refractivity contribution in [3.05, 3.63) is 130 Å². The van der Waals surface area contributed by atoms with Crippen LogP contribution in [0.3, 0.4) is 0 Å². The maximum Gasteiger partial charge on any atom is 0.261 e. The molecule has 4 aliphatic rings. The van der Waals surface area contributed by atoms with E-state index in [1.165, 1.54) is 37.4 Å². The number of aryl methyl sites for hydroxylation is 1. The molecule has 10 nitrogen and oxygen atoms in total. The summed E-state index contributed by atoms with van der Waals surface area (Å²) in [5.41, 5.74) is 12.2. The van der Waals surface area contributed by atoms with Crippen LogP contribution in [0.25, 0.3) is 0 Å². The molecule has 0 fully saturated rings. The number of para-hydroxylation sites is 2. The summed E-state index contributed by atoms with van der Waals surface area (Å²) in [6, 6.07) is 25.6. The fourth-order valence-electron chi connectivity index (χ4n) is 7.53. The number of ether oxygens (including phenoxy) is 3. The molecule has 4 heterocycles. The first-order valence-electron chi connectivity index (χ1n) is 19.1. The van der Waals surface area contributed by atoms with E-state index in [2.05, 4.69) is 10.3 Å². The van der Waals surface area contributed by atoms with Crippen molar-refractivity contribution in [3.63, 3.8) is 0 Å². The van der Waals surface area contributed by atoms with Gasteiger partial charge in [-0.1, -0.05) is 36.4 Å². The molecule has 0 spiro atoms. The number of carbonyl (C=O) groups excluding carboxylic acids is 2. The lowest BCUT2D eigenvalue weighted by atomic mass is 10.1. The Labute approximate surface area is 307 Å². The van der Waals surface area contributed by atoms with Gasteiger partial charge in [0.05, 0.1) is 47.2 Å². The minimum atomic E-state index is -2.56. The molecule has 0 aliphatic carbocycles. The zero-order valence-electron chi connectivity index (χ0n) is 32.5. The molecule has 0 unspecified atom stereocenters. The van der Waals surface area contributed by atoms with Crippen molar-refractivity contribution in [2.24, 2.45) is 4.99 Å². The van der Waals surface area contributed by atoms with Gasteiger partial charge in [-0.15, -0.1) is 0 Å². The van der Waals surface area contributed by atoms with Crippen LogP contribution in [-0.4, -0.2) is 43.8 Å². The van der Waals surface area contributed by atoms with Crippen molar-refractivity contribution in [2.75, 3.05) is 34.5 Å². The van der Waals surface area contributed by atoms with Gasteiger partial charge >= 0.3 is 0 Å². The molecule has 0 radical (unpaired) electrons. The smallest absolute Gasteiger partial charge is 0.261 e. The number of methoxy groups -OCH3 is 1. The van der Waals surface area contributed by atoms with Gasteiger partial charge in [0, 0.05) is 48.4 Å². The van der Waals surface area contributed by atoms with Gasteiger partial charge in [0.15, 0.2) is 11.5 Å². The standard InChI is InChI=1S/C42H37N5O5/c1-24-11-32-34(44-20-30-15-27-7-3-5-9-36(27)46(30)41(32)48)18-38(24)51-22-25-12-26(14-29(43)13-25)23-52-40-19-35-33(17-39(40)50-2)42(49)47-31(21-45-35)16-28-8-4-6-10-37(28)47/h3-14,17-19,21,30-31,44H,15-16,20,22-23,43H2,1-2H3/t30-,31-/m0/s1/i22D2,23D2. The molecule has 2 atom stereocenters. The number of hydrogen-bond donors (Lipinski definition) is 2. The summed E-state index contributed by atoms with van der Waals surface area (Å²) in [6.45, 7) is -2.81. The van der Waals surface area contributed by atoms with Crippen LogP contribution in [-0.2, 0) is 26.0 Å². The average molecular weight is 696 g/mol. The molecule has 10 heteroatoms. The second kappa shape index (κ2) is 12.5. The maximum atomic E-state index is 13.9. The predicted molar refractivity (Wildman–Crippen MR) is 202 cm³/mol. The van der Waals surface area contributed by atoms with Gasteiger partial charge in [0.1, 0.15) is 18.9 Å². The molecular weight excluding hydrogens is 654 g/mol. The van der Waals surface area contributed by atoms with Crippen LogP contribution in [0.1, 0.15) is 54.0 Å². The van der Waals surface area contributed by atoms with Crippen LogP contribution < -0.4 is 35.1 Å². The van der Waals surface area contributed by atoms with E-state index >= 15 is 0 Å². The fraction of sp³-hybridized carbons (Fsp3) is 0.214. The third-order valence-electron chi connectivity index (χ3n) is 10.0. The van der Waals surface area contributed by atoms with Crippen LogP contribution in [0.5, 0.6) is 17.2 Å². The Bertz CT molecular complexity index is 2510. The van der Waals surface area contributed by atoms with Gasteiger partial charge < -0.3 is 30.2 Å². The SMILES string of the molecule is [2H]C([2H])(Oc1cc2c(cc1C)C(=O)N1c3ccccc3C[C@H]1CN2)c1cc(N)cc(C([2H])([2H])Oc2cc3c(cc2OC)C(=O)N2c4ccccc4C[C@H]2C=N3)c1. The second-order valence-electron chi connectivity index (χ2n) is 13.3. The molecule has 0 saturated carbocycles. The number of nitrogens with zero attached hydrogens (tertiary/aromatic N) is 3. The Morgan fingerprint density at radius 2 is 1.48 bits per heavy atom. The first-order valence-corrected chi connectivity index (χ1v) is 17.1. The Morgan fingerprint density at radius 3 is 2.23 bits per heavy atom. The molecule has 0 aromatic heterocycles. The number of amides is 2. The van der Waals surface area contributed by atoms with Gasteiger partial charge in [-0.3, -0.25) is 19.5 Å². The number of benzene rings is 5. The lowest BCUT2D eigenvalue weighted by molar-refractivity contribution is 0.0977. The normalized spacial score (nSPS) is 19.6. The van der Waals surface area contributed by atoms with Gasteiger partial charge in [0.25, 0.3) is 11.8 Å². The first-order chi connectivity index (χ1) is 26.8. The van der Waals surface area contributed by atoms with Crippen LogP contribution in [0.15, 0.2) is 96.0 Å². The molecule has 5 aromatic carbocycles. The van der Waals surface area contributed by atoms with Gasteiger partial charge in [0.2, 0.25) is 0 Å². The van der Waals surface area contributed by atoms with Gasteiger partial charge in [-0.05, 0) is 83.6 Å². The van der Waals surface area contributed by atoms with Crippen molar-refractivity contribution < 1.29 is 29.3 Å². The van der Waals surface area contributed by atoms with Crippen LogP contribution in [0, 0.1) is 6.92 Å². The van der Waals surface area contributed by atoms with E-state index in [4.69, 9.17) is 25.4 Å². The number of nitrogens with two attached hydrogens (primary N) is 1. The average Bonchev–Trinajstić information content (AvgIpc) is 3.66. The van der Waals surface area contributed by atoms with E-state index in [1.54, 1.807) is 30.2 Å². The fourth-order valence-corrected chi connectivity index (χ4v) is 7.53. The van der Waals surface area contributed by atoms with Crippen molar-refractivity contribution in [1.82, 2.24) is 0 Å². The highest BCUT2D eigenvalue weighted by atomic mass is 16.5. The minimum Gasteiger partial charge on any atom is -0.493 e. The Balaban J connectivity index is 0.985. The molecule has 0 bridgehead atoms. The summed E-state index contributed by atoms with van der Waals surface area (Å²) < 4.78 is 53.5. The first kappa shape index (κ1) is 27.4. The summed E-state index contributed by atoms with van der Waals surface area (Å²) >= 11 is 0. The molecule has 260 valence electrons. The summed E-state index contributed by atoms with van der Waals surface area (Å²) in [5, 5.41) is 3.37. The summed E-state index contributed by atoms with van der Waals surface area (Å²) in [5.74, 6) is -0.107. The van der Waals surface area contributed by atoms with E-state index in [-0.39, 0.29) is 63.5 Å². The maximum absolute atomic E-state index is 13.9. The molecular formula is C42H37N5O5. The highest BCUT2D eigenvalue weighted by Crippen LogP contribution is 2.42. The van der Waals surface area contributed by atoms with E-state index in [9.17, 15) is 9.59 Å². The second-order valence-corrected chi connectivity index (χ2v) is 13.3. The van der Waals surface area contributed by atoms with E-state index in [0.717, 1.165) is 28.9 Å². The zero-order chi connectivity index (χ0) is 39.1. The number of nitrogen functional groups attached to an aromatic ring is 1. The molecule has 9 rings (SSSR count). The third-order valence-corrected chi connectivity index (χ3v) is 10.0. The number of carbonyl (C=O) groups is 2. The van der Waals surface area contributed by atoms with Crippen molar-refractivity contribution in [2.45, 2.75) is 45.0 Å². The van der Waals surface area contributed by atoms with E-state index < -0.39 is 13.1 Å². The van der Waals surface area contributed by atoms with Crippen molar-refractivity contribution in [3.8, 4) is 17.2 Å². The molecule has 4 aliphatic heterocycles. The number of fused-ring (bicyclic) bond motifs is 8. The highest BCUT2D eigenvalue weighted by Gasteiger charge is 2.38. The lowest BCUT2D eigenvalue weighted by Crippen LogP contribution is -2.39. The molecule has 0 saturated heterocycles. The monoisotopic (exact) mass is 695 g/mol. The number of hydrogen-bond acceptors (Lipinski definition) is 8. The molecule has 5 aromatic rings.